The van der Waals surface area contributed by atoms with Crippen LogP contribution in [0.5, 0.6) is 5.75 Å². The molecule has 2 aromatic carbocycles. The summed E-state index contributed by atoms with van der Waals surface area (Å²) in [6, 6.07) is 6.44. The quantitative estimate of drug-likeness (QED) is 0.287. The molecule has 3 amide bonds. The van der Waals surface area contributed by atoms with Gasteiger partial charge in [-0.3, -0.25) is 10.0 Å². The van der Waals surface area contributed by atoms with Gasteiger partial charge in [0.25, 0.3) is 5.91 Å². The zero-order valence-corrected chi connectivity index (χ0v) is 16.5. The average molecular weight is 467 g/mol. The highest BCUT2D eigenvalue weighted by molar-refractivity contribution is 8.45. The van der Waals surface area contributed by atoms with Crippen molar-refractivity contribution in [2.45, 2.75) is 30.4 Å². The Bertz CT molecular complexity index is 1030. The summed E-state index contributed by atoms with van der Waals surface area (Å²) in [5.74, 6) is -0.278. The maximum atomic E-state index is 12.9. The number of nitrogens with one attached hydrogen (secondary N) is 3. The van der Waals surface area contributed by atoms with E-state index < -0.39 is 39.7 Å². The highest BCUT2D eigenvalue weighted by atomic mass is 32.5. The van der Waals surface area contributed by atoms with Crippen LogP contribution in [0.4, 0.5) is 29.9 Å². The number of halogens is 5. The van der Waals surface area contributed by atoms with Crippen molar-refractivity contribution in [1.82, 2.24) is 10.8 Å². The highest BCUT2D eigenvalue weighted by Gasteiger charge is 2.65. The Morgan fingerprint density at radius 2 is 1.84 bits per heavy atom. The smallest absolute Gasteiger partial charge is 0.319 e. The Hall–Kier alpha value is -3.06. The number of carbonyl (C=O) groups is 2. The van der Waals surface area contributed by atoms with Gasteiger partial charge in [-0.15, -0.1) is 0 Å². The Morgan fingerprint density at radius 3 is 2.52 bits per heavy atom. The standard InChI is InChI=1S/C18H18F5N3O4S/c19-31(20,21,22,23)14-3-1-2-11(8-14)10-24-18(28)25-13-5-7-15-12(9-13)4-6-16(30-15)17(27)26-29/h1-3,5,7-9,16,29H,4,6,10H2,(H,26,27)(H2,24,25,28). The normalized spacial score (nSPS) is 17.9. The summed E-state index contributed by atoms with van der Waals surface area (Å²) in [5.41, 5.74) is 2.42. The van der Waals surface area contributed by atoms with Crippen LogP contribution in [0.2, 0.25) is 0 Å². The molecule has 7 nitrogen and oxygen atoms in total. The zero-order chi connectivity index (χ0) is 22.9. The van der Waals surface area contributed by atoms with Crippen LogP contribution in [0.3, 0.4) is 0 Å². The molecular weight excluding hydrogens is 449 g/mol. The van der Waals surface area contributed by atoms with E-state index in [0.29, 0.717) is 35.9 Å². The fourth-order valence-electron chi connectivity index (χ4n) is 2.98. The first-order valence-electron chi connectivity index (χ1n) is 8.86. The maximum Gasteiger partial charge on any atom is 0.319 e. The van der Waals surface area contributed by atoms with E-state index >= 15 is 0 Å². The summed E-state index contributed by atoms with van der Waals surface area (Å²) < 4.78 is 69.9. The molecule has 170 valence electrons. The van der Waals surface area contributed by atoms with Crippen LogP contribution in [-0.4, -0.2) is 23.2 Å². The van der Waals surface area contributed by atoms with Gasteiger partial charge in [0.1, 0.15) is 10.6 Å². The van der Waals surface area contributed by atoms with E-state index in [1.165, 1.54) is 23.7 Å². The van der Waals surface area contributed by atoms with Crippen LogP contribution < -0.4 is 20.9 Å². The van der Waals surface area contributed by atoms with Gasteiger partial charge >= 0.3 is 16.3 Å². The molecule has 31 heavy (non-hydrogen) atoms. The molecule has 0 radical (unpaired) electrons. The van der Waals surface area contributed by atoms with Gasteiger partial charge in [0.15, 0.2) is 6.10 Å². The summed E-state index contributed by atoms with van der Waals surface area (Å²) in [4.78, 5) is 21.5. The predicted octanol–water partition coefficient (Wildman–Crippen LogP) is 4.86. The number of ether oxygens (including phenoxy) is 1. The van der Waals surface area contributed by atoms with Crippen molar-refractivity contribution < 1.29 is 39.0 Å². The van der Waals surface area contributed by atoms with E-state index in [1.807, 2.05) is 0 Å². The van der Waals surface area contributed by atoms with Crippen molar-refractivity contribution in [2.75, 3.05) is 5.32 Å². The molecule has 3 rings (SSSR count). The van der Waals surface area contributed by atoms with Gasteiger partial charge in [0.2, 0.25) is 0 Å². The number of benzene rings is 2. The van der Waals surface area contributed by atoms with Gasteiger partial charge in [-0.2, -0.15) is 0 Å². The van der Waals surface area contributed by atoms with Crippen LogP contribution in [0.15, 0.2) is 47.4 Å². The van der Waals surface area contributed by atoms with E-state index in [-0.39, 0.29) is 11.6 Å². The molecule has 2 aromatic rings. The number of carbonyl (C=O) groups excluding carboxylic acids is 2. The Morgan fingerprint density at radius 1 is 1.10 bits per heavy atom. The molecule has 0 bridgehead atoms. The van der Waals surface area contributed by atoms with Crippen LogP contribution in [0.1, 0.15) is 17.5 Å². The topological polar surface area (TPSA) is 99.7 Å². The molecule has 0 saturated heterocycles. The number of rotatable bonds is 5. The van der Waals surface area contributed by atoms with E-state index in [2.05, 4.69) is 10.6 Å². The molecule has 0 aliphatic carbocycles. The fourth-order valence-corrected chi connectivity index (χ4v) is 3.69. The third kappa shape index (κ3) is 5.76. The number of anilines is 1. The monoisotopic (exact) mass is 467 g/mol. The maximum absolute atomic E-state index is 12.9. The number of aryl methyl sites for hydroxylation is 1. The third-order valence-corrected chi connectivity index (χ3v) is 5.61. The third-order valence-electron chi connectivity index (χ3n) is 4.46. The Kier molecular flexibility index (Phi) is 5.30. The molecule has 1 aliphatic heterocycles. The number of fused-ring (bicyclic) bond motifs is 1. The zero-order valence-electron chi connectivity index (χ0n) is 15.7. The summed E-state index contributed by atoms with van der Waals surface area (Å²) in [7, 11) is -9.80. The first-order chi connectivity index (χ1) is 14.2. The molecule has 1 aliphatic rings. The lowest BCUT2D eigenvalue weighted by molar-refractivity contribution is -0.137. The van der Waals surface area contributed by atoms with Gasteiger partial charge in [-0.05, 0) is 54.3 Å². The summed E-state index contributed by atoms with van der Waals surface area (Å²) in [5, 5.41) is 13.4. The van der Waals surface area contributed by atoms with Crippen LogP contribution in [0.25, 0.3) is 0 Å². The molecule has 0 saturated carbocycles. The van der Waals surface area contributed by atoms with Crippen molar-refractivity contribution in [3.05, 3.63) is 53.6 Å². The number of hydrogen-bond acceptors (Lipinski definition) is 4. The SMILES string of the molecule is O=C(NCc1cccc(S(F)(F)(F)(F)F)c1)Nc1ccc2c(c1)CCC(C(=O)NO)O2. The second-order valence-electron chi connectivity index (χ2n) is 6.87. The average Bonchev–Trinajstić information content (AvgIpc) is 2.70. The minimum atomic E-state index is -9.80. The van der Waals surface area contributed by atoms with Crippen molar-refractivity contribution >= 4 is 27.8 Å². The Labute approximate surface area is 173 Å². The molecule has 1 atom stereocenters. The highest BCUT2D eigenvalue weighted by Crippen LogP contribution is 3.02. The van der Waals surface area contributed by atoms with Crippen LogP contribution in [0, 0.1) is 0 Å². The molecule has 1 unspecified atom stereocenters. The first kappa shape index (κ1) is 22.6. The number of hydrogen-bond donors (Lipinski definition) is 4. The molecular formula is C18H18F5N3O4S. The lowest BCUT2D eigenvalue weighted by atomic mass is 10.0. The van der Waals surface area contributed by atoms with E-state index in [9.17, 15) is 29.0 Å². The van der Waals surface area contributed by atoms with Gasteiger partial charge in [-0.1, -0.05) is 31.6 Å². The lowest BCUT2D eigenvalue weighted by Crippen LogP contribution is -2.38. The second kappa shape index (κ2) is 7.27. The van der Waals surface area contributed by atoms with E-state index in [1.54, 1.807) is 6.07 Å². The molecule has 1 heterocycles. The Balaban J connectivity index is 1.61. The van der Waals surface area contributed by atoms with E-state index in [4.69, 9.17) is 9.94 Å². The lowest BCUT2D eigenvalue weighted by Gasteiger charge is -2.40. The first-order valence-corrected chi connectivity index (χ1v) is 10.8. The van der Waals surface area contributed by atoms with Gasteiger partial charge in [-0.25, -0.2) is 10.3 Å². The summed E-state index contributed by atoms with van der Waals surface area (Å²) in [6.45, 7) is -0.403. The van der Waals surface area contributed by atoms with Gasteiger partial charge in [0.05, 0.1) is 0 Å². The largest absolute Gasteiger partial charge is 0.480 e. The fraction of sp³-hybridized carbons (Fsp3) is 0.222. The van der Waals surface area contributed by atoms with Gasteiger partial charge in [0, 0.05) is 12.2 Å². The number of hydroxylamine groups is 1. The van der Waals surface area contributed by atoms with Crippen LogP contribution in [-0.2, 0) is 17.8 Å². The number of urea groups is 1. The number of amides is 3. The summed E-state index contributed by atoms with van der Waals surface area (Å²) >= 11 is 0. The van der Waals surface area contributed by atoms with E-state index in [0.717, 1.165) is 6.07 Å². The predicted molar refractivity (Wildman–Crippen MR) is 103 cm³/mol. The van der Waals surface area contributed by atoms with Gasteiger partial charge < -0.3 is 15.4 Å². The van der Waals surface area contributed by atoms with Crippen molar-refractivity contribution in [2.24, 2.45) is 0 Å². The van der Waals surface area contributed by atoms with Crippen molar-refractivity contribution in [3.8, 4) is 5.75 Å². The van der Waals surface area contributed by atoms with Crippen molar-refractivity contribution in [3.63, 3.8) is 0 Å². The van der Waals surface area contributed by atoms with Crippen molar-refractivity contribution in [1.29, 1.82) is 0 Å². The molecule has 4 N–H and O–H groups in total. The summed E-state index contributed by atoms with van der Waals surface area (Å²) in [6.07, 6.45) is -0.106. The second-order valence-corrected chi connectivity index (χ2v) is 9.28. The molecule has 13 heteroatoms. The molecule has 0 fully saturated rings. The minimum absolute atomic E-state index is 0.145. The molecule has 0 spiro atoms. The molecule has 0 aromatic heterocycles. The van der Waals surface area contributed by atoms with Crippen LogP contribution >= 0.6 is 10.2 Å². The minimum Gasteiger partial charge on any atom is -0.480 e.